The first-order valence-electron chi connectivity index (χ1n) is 8.00. The third-order valence-electron chi connectivity index (χ3n) is 3.86. The number of amides is 2. The second-order valence-corrected chi connectivity index (χ2v) is 7.93. The highest BCUT2D eigenvalue weighted by Gasteiger charge is 2.57. The second-order valence-electron chi connectivity index (χ2n) is 5.74. The number of carbonyl (C=O) groups excluding carboxylic acids is 2. The van der Waals surface area contributed by atoms with Crippen molar-refractivity contribution in [3.63, 3.8) is 0 Å². The molecule has 3 rings (SSSR count). The molecule has 0 spiro atoms. The minimum absolute atomic E-state index is 0.141. The minimum atomic E-state index is -1.24. The Labute approximate surface area is 164 Å². The average Bonchev–Trinajstić information content (AvgIpc) is 2.64. The number of thioether (sulfide) groups is 2. The number of carboxylic acid groups (broad SMARTS) is 1. The van der Waals surface area contributed by atoms with E-state index in [0.29, 0.717) is 10.7 Å². The molecule has 2 N–H and O–H groups in total. The van der Waals surface area contributed by atoms with E-state index in [1.165, 1.54) is 30.7 Å². The Kier molecular flexibility index (Phi) is 5.98. The highest BCUT2D eigenvalue weighted by Crippen LogP contribution is 2.47. The Morgan fingerprint density at radius 2 is 2.04 bits per heavy atom. The van der Waals surface area contributed by atoms with Crippen LogP contribution in [0.5, 0.6) is 5.75 Å². The third kappa shape index (κ3) is 3.92. The van der Waals surface area contributed by atoms with Crippen LogP contribution >= 0.6 is 23.5 Å². The summed E-state index contributed by atoms with van der Waals surface area (Å²) in [6.07, 6.45) is -0.822. The second kappa shape index (κ2) is 8.24. The maximum Gasteiger partial charge on any atom is 0.353 e. The van der Waals surface area contributed by atoms with E-state index in [2.05, 4.69) is 5.32 Å². The summed E-state index contributed by atoms with van der Waals surface area (Å²) < 4.78 is 10.8. The van der Waals surface area contributed by atoms with Gasteiger partial charge in [0.25, 0.3) is 5.91 Å². The molecular formula is C17H18N2O6S2. The molecule has 10 heteroatoms. The average molecular weight is 410 g/mol. The van der Waals surface area contributed by atoms with Crippen molar-refractivity contribution in [3.05, 3.63) is 40.9 Å². The van der Waals surface area contributed by atoms with Gasteiger partial charge in [0.1, 0.15) is 22.2 Å². The molecule has 0 aliphatic carbocycles. The molecule has 27 heavy (non-hydrogen) atoms. The lowest BCUT2D eigenvalue weighted by atomic mass is 10.1. The zero-order valence-electron chi connectivity index (χ0n) is 14.6. The van der Waals surface area contributed by atoms with E-state index in [0.717, 1.165) is 11.8 Å². The minimum Gasteiger partial charge on any atom is -0.477 e. The van der Waals surface area contributed by atoms with Gasteiger partial charge >= 0.3 is 5.97 Å². The first kappa shape index (κ1) is 19.6. The lowest BCUT2D eigenvalue weighted by molar-refractivity contribution is -0.157. The fourth-order valence-electron chi connectivity index (χ4n) is 2.76. The van der Waals surface area contributed by atoms with Crippen molar-refractivity contribution < 1.29 is 29.0 Å². The van der Waals surface area contributed by atoms with Crippen molar-refractivity contribution in [3.8, 4) is 5.75 Å². The molecular weight excluding hydrogens is 392 g/mol. The summed E-state index contributed by atoms with van der Waals surface area (Å²) in [6.45, 7) is 1.36. The molecule has 0 radical (unpaired) electrons. The smallest absolute Gasteiger partial charge is 0.353 e. The molecule has 2 heterocycles. The molecule has 3 atom stereocenters. The van der Waals surface area contributed by atoms with Crippen molar-refractivity contribution in [2.24, 2.45) is 0 Å². The summed E-state index contributed by atoms with van der Waals surface area (Å²) in [6, 6.07) is 8.85. The van der Waals surface area contributed by atoms with Crippen LogP contribution in [0.1, 0.15) is 6.92 Å². The van der Waals surface area contributed by atoms with Gasteiger partial charge in [-0.05, 0) is 12.1 Å². The molecule has 2 amide bonds. The fraction of sp³-hybridized carbons (Fsp3) is 0.353. The Hall–Kier alpha value is -2.17. The van der Waals surface area contributed by atoms with Crippen molar-refractivity contribution in [1.82, 2.24) is 10.2 Å². The molecule has 0 aromatic heterocycles. The van der Waals surface area contributed by atoms with Gasteiger partial charge in [-0.15, -0.1) is 11.8 Å². The van der Waals surface area contributed by atoms with Crippen LogP contribution in [0.4, 0.5) is 0 Å². The van der Waals surface area contributed by atoms with Crippen molar-refractivity contribution in [1.29, 1.82) is 0 Å². The first-order chi connectivity index (χ1) is 12.9. The van der Waals surface area contributed by atoms with Gasteiger partial charge in [0, 0.05) is 14.0 Å². The normalized spacial score (nSPS) is 24.1. The summed E-state index contributed by atoms with van der Waals surface area (Å²) in [5.74, 6) is -1.24. The van der Waals surface area contributed by atoms with Crippen LogP contribution in [0.15, 0.2) is 40.9 Å². The molecule has 1 aromatic carbocycles. The molecule has 2 aliphatic heterocycles. The number of ether oxygens (including phenoxy) is 2. The molecule has 8 nitrogen and oxygen atoms in total. The lowest BCUT2D eigenvalue weighted by Gasteiger charge is -2.50. The standard InChI is InChI=1S/C17H18N2O6S2/c1-9(20)18-14-13(26-8-24-2)11(17(22)23)19-15(21)12(16(19)27-14)25-10-6-4-3-5-7-10/h3-7,12,14,16H,8H2,1-2H3,(H,18,20)(H,22,23). The number of methoxy groups -OCH3 is 1. The SMILES string of the molecule is COCSC1=C(C(=O)O)N2C(=O)C(Oc3ccccc3)C2SC1NC(C)=O. The summed E-state index contributed by atoms with van der Waals surface area (Å²) in [5.41, 5.74) is -0.141. The number of nitrogens with one attached hydrogen (secondary N) is 1. The number of rotatable bonds is 7. The molecule has 1 fully saturated rings. The monoisotopic (exact) mass is 410 g/mol. The summed E-state index contributed by atoms with van der Waals surface area (Å²) >= 11 is 2.41. The number of β-lactam (4-membered cyclic amide) rings is 1. The zero-order valence-corrected chi connectivity index (χ0v) is 16.2. The van der Waals surface area contributed by atoms with E-state index in [1.54, 1.807) is 24.3 Å². The van der Waals surface area contributed by atoms with Crippen LogP contribution in [-0.4, -0.2) is 57.7 Å². The Morgan fingerprint density at radius 1 is 1.33 bits per heavy atom. The Balaban J connectivity index is 1.91. The van der Waals surface area contributed by atoms with E-state index < -0.39 is 28.7 Å². The van der Waals surface area contributed by atoms with Gasteiger partial charge in [-0.1, -0.05) is 30.0 Å². The molecule has 3 unspecified atom stereocenters. The number of nitrogens with zero attached hydrogens (tertiary/aromatic N) is 1. The van der Waals surface area contributed by atoms with Gasteiger partial charge in [-0.25, -0.2) is 4.79 Å². The van der Waals surface area contributed by atoms with Gasteiger partial charge in [0.15, 0.2) is 0 Å². The van der Waals surface area contributed by atoms with Crippen LogP contribution in [0.2, 0.25) is 0 Å². The topological polar surface area (TPSA) is 105 Å². The first-order valence-corrected chi connectivity index (χ1v) is 9.93. The van der Waals surface area contributed by atoms with Gasteiger partial charge < -0.3 is 19.9 Å². The van der Waals surface area contributed by atoms with Crippen LogP contribution < -0.4 is 10.1 Å². The van der Waals surface area contributed by atoms with E-state index in [-0.39, 0.29) is 17.5 Å². The molecule has 1 saturated heterocycles. The number of para-hydroxylation sites is 1. The molecule has 1 aromatic rings. The van der Waals surface area contributed by atoms with E-state index in [1.807, 2.05) is 6.07 Å². The van der Waals surface area contributed by atoms with Gasteiger partial charge in [0.05, 0.1) is 10.8 Å². The number of carbonyl (C=O) groups is 3. The third-order valence-corrected chi connectivity index (χ3v) is 6.46. The van der Waals surface area contributed by atoms with Crippen molar-refractivity contribution in [2.45, 2.75) is 23.8 Å². The van der Waals surface area contributed by atoms with Crippen LogP contribution in [0, 0.1) is 0 Å². The Bertz CT molecular complexity index is 785. The quantitative estimate of drug-likeness (QED) is 0.514. The largest absolute Gasteiger partial charge is 0.477 e. The Morgan fingerprint density at radius 3 is 2.63 bits per heavy atom. The maximum atomic E-state index is 12.6. The molecule has 0 bridgehead atoms. The number of hydrogen-bond donors (Lipinski definition) is 2. The number of aliphatic carboxylic acids is 1. The molecule has 2 aliphatic rings. The zero-order chi connectivity index (χ0) is 19.6. The van der Waals surface area contributed by atoms with Gasteiger partial charge in [-0.3, -0.25) is 14.5 Å². The maximum absolute atomic E-state index is 12.6. The van der Waals surface area contributed by atoms with Crippen molar-refractivity contribution >= 4 is 41.3 Å². The number of benzene rings is 1. The van der Waals surface area contributed by atoms with E-state index >= 15 is 0 Å². The number of hydrogen-bond acceptors (Lipinski definition) is 7. The summed E-state index contributed by atoms with van der Waals surface area (Å²) in [7, 11) is 1.48. The summed E-state index contributed by atoms with van der Waals surface area (Å²) in [5, 5.41) is 11.3. The highest BCUT2D eigenvalue weighted by molar-refractivity contribution is 8.06. The highest BCUT2D eigenvalue weighted by atomic mass is 32.2. The fourth-order valence-corrected chi connectivity index (χ4v) is 5.31. The van der Waals surface area contributed by atoms with E-state index in [4.69, 9.17) is 9.47 Å². The predicted molar refractivity (Wildman–Crippen MR) is 101 cm³/mol. The van der Waals surface area contributed by atoms with Crippen molar-refractivity contribution in [2.75, 3.05) is 13.0 Å². The van der Waals surface area contributed by atoms with Crippen LogP contribution in [0.3, 0.4) is 0 Å². The lowest BCUT2D eigenvalue weighted by Crippen LogP contribution is -2.68. The van der Waals surface area contributed by atoms with Gasteiger partial charge in [-0.2, -0.15) is 0 Å². The number of fused-ring (bicyclic) bond motifs is 1. The van der Waals surface area contributed by atoms with E-state index in [9.17, 15) is 19.5 Å². The number of carboxylic acids is 1. The summed E-state index contributed by atoms with van der Waals surface area (Å²) in [4.78, 5) is 37.7. The van der Waals surface area contributed by atoms with Gasteiger partial charge in [0.2, 0.25) is 12.0 Å². The predicted octanol–water partition coefficient (Wildman–Crippen LogP) is 1.44. The van der Waals surface area contributed by atoms with Crippen LogP contribution in [0.25, 0.3) is 0 Å². The molecule has 0 saturated carbocycles. The van der Waals surface area contributed by atoms with Crippen LogP contribution in [-0.2, 0) is 19.1 Å². The molecule has 144 valence electrons.